The molecule has 0 radical (unpaired) electrons. The number of carbonyl (C=O) groups is 6. The third kappa shape index (κ3) is 16.1. The van der Waals surface area contributed by atoms with Crippen LogP contribution >= 0.6 is 35.0 Å². The van der Waals surface area contributed by atoms with Crippen LogP contribution in [0.25, 0.3) is 0 Å². The van der Waals surface area contributed by atoms with Gasteiger partial charge in [-0.2, -0.15) is 0 Å². The number of epoxide rings is 1. The number of carbonyl (C=O) groups excluding carboxylic acids is 6. The fraction of sp³-hybridized carbons (Fsp3) is 0.556. The van der Waals surface area contributed by atoms with Crippen LogP contribution in [0.3, 0.4) is 0 Å². The predicted molar refractivity (Wildman–Crippen MR) is 322 cm³/mol. The van der Waals surface area contributed by atoms with E-state index in [2.05, 4.69) is 5.32 Å². The van der Waals surface area contributed by atoms with E-state index in [1.807, 2.05) is 61.2 Å². The quantitative estimate of drug-likeness (QED) is 0.0577. The number of benzene rings is 3. The zero-order valence-corrected chi connectivity index (χ0v) is 52.1. The average Bonchev–Trinajstić information content (AvgIpc) is 1.94. The summed E-state index contributed by atoms with van der Waals surface area (Å²) in [6.45, 7) is 11.5. The smallest absolute Gasteiger partial charge is 0.409 e. The molecule has 2 N–H and O–H groups in total. The molecule has 4 bridgehead atoms. The lowest BCUT2D eigenvalue weighted by Gasteiger charge is -2.42. The SMILES string of the molecule is CCCOCCOCCN(Cc1ccc(C(=O)SCCC(=O)N(C)[C@@H](C)C(=O)O[C@H]2CC(=O)N(C)c3cc(cc(OC)c3Cl)C/C(C)=C/C=C/[C@@H](OC)[C@@]3(O)C[C@H](OC(=O)N3)[C@@H](C)[C@@H]3OC23C)cc1)C(=O)C1(c2ccc(Cl)cc2)CCCCC1. The number of hydrogen-bond acceptors (Lipinski definition) is 15. The number of nitrogens with one attached hydrogen (secondary N) is 1. The Hall–Kier alpha value is -5.51. The van der Waals surface area contributed by atoms with Gasteiger partial charge in [-0.25, -0.2) is 9.59 Å². The summed E-state index contributed by atoms with van der Waals surface area (Å²) in [5.74, 6) is -1.85. The van der Waals surface area contributed by atoms with E-state index in [1.165, 1.54) is 38.0 Å². The van der Waals surface area contributed by atoms with Gasteiger partial charge in [-0.1, -0.05) is 128 Å². The third-order valence-electron chi connectivity index (χ3n) is 16.7. The van der Waals surface area contributed by atoms with E-state index >= 15 is 0 Å². The average molecular weight is 1220 g/mol. The molecule has 21 heteroatoms. The Morgan fingerprint density at radius 3 is 2.32 bits per heavy atom. The molecule has 2 saturated heterocycles. The van der Waals surface area contributed by atoms with Crippen molar-refractivity contribution in [2.45, 2.75) is 153 Å². The molecule has 84 heavy (non-hydrogen) atoms. The number of hydrogen-bond donors (Lipinski definition) is 2. The first-order valence-corrected chi connectivity index (χ1v) is 30.6. The molecular formula is C63H82Cl2N4O14S. The fourth-order valence-corrected chi connectivity index (χ4v) is 12.6. The number of aliphatic hydroxyl groups is 1. The van der Waals surface area contributed by atoms with Crippen molar-refractivity contribution in [2.24, 2.45) is 5.92 Å². The Morgan fingerprint density at radius 2 is 1.65 bits per heavy atom. The van der Waals surface area contributed by atoms with Crippen LogP contribution in [0.2, 0.25) is 10.0 Å². The van der Waals surface area contributed by atoms with E-state index < -0.39 is 77.0 Å². The van der Waals surface area contributed by atoms with Crippen LogP contribution < -0.4 is 15.0 Å². The zero-order chi connectivity index (χ0) is 60.9. The Balaban J connectivity index is 1.01. The van der Waals surface area contributed by atoms with Crippen LogP contribution in [0.5, 0.6) is 5.75 Å². The number of rotatable bonds is 21. The first-order valence-electron chi connectivity index (χ1n) is 28.9. The summed E-state index contributed by atoms with van der Waals surface area (Å²) in [6, 6.07) is 17.1. The van der Waals surface area contributed by atoms with Gasteiger partial charge in [0, 0.05) is 76.0 Å². The van der Waals surface area contributed by atoms with E-state index in [-0.39, 0.29) is 41.1 Å². The van der Waals surface area contributed by atoms with Gasteiger partial charge in [-0.05, 0) is 87.4 Å². The number of allylic oxidation sites excluding steroid dienone is 3. The Morgan fingerprint density at radius 1 is 0.964 bits per heavy atom. The summed E-state index contributed by atoms with van der Waals surface area (Å²) >= 11 is 14.1. The molecule has 0 spiro atoms. The van der Waals surface area contributed by atoms with Crippen molar-refractivity contribution in [1.29, 1.82) is 0 Å². The van der Waals surface area contributed by atoms with Crippen molar-refractivity contribution in [1.82, 2.24) is 15.1 Å². The largest absolute Gasteiger partial charge is 0.495 e. The molecule has 1 aliphatic carbocycles. The molecule has 3 heterocycles. The van der Waals surface area contributed by atoms with Gasteiger partial charge in [0.15, 0.2) is 5.72 Å². The molecule has 7 rings (SSSR count). The molecule has 3 aliphatic heterocycles. The number of amides is 4. The van der Waals surface area contributed by atoms with E-state index in [1.54, 1.807) is 57.3 Å². The predicted octanol–water partition coefficient (Wildman–Crippen LogP) is 9.81. The molecule has 3 aromatic carbocycles. The summed E-state index contributed by atoms with van der Waals surface area (Å²) in [4.78, 5) is 88.4. The van der Waals surface area contributed by atoms with E-state index in [0.717, 1.165) is 72.6 Å². The molecule has 3 fully saturated rings. The Labute approximate surface area is 508 Å². The van der Waals surface area contributed by atoms with Gasteiger partial charge in [-0.15, -0.1) is 0 Å². The number of alkyl carbamates (subject to hydrolysis) is 1. The number of fused-ring (bicyclic) bond motifs is 5. The summed E-state index contributed by atoms with van der Waals surface area (Å²) in [5, 5.41) is 15.0. The van der Waals surface area contributed by atoms with Crippen LogP contribution in [-0.4, -0.2) is 159 Å². The van der Waals surface area contributed by atoms with Gasteiger partial charge < -0.3 is 53.0 Å². The van der Waals surface area contributed by atoms with Crippen molar-refractivity contribution in [2.75, 3.05) is 71.9 Å². The maximum atomic E-state index is 14.8. The summed E-state index contributed by atoms with van der Waals surface area (Å²) in [6.07, 6.45) is 5.63. The molecule has 3 aromatic rings. The van der Waals surface area contributed by atoms with Crippen LogP contribution in [-0.2, 0) is 66.0 Å². The number of thioether (sulfide) groups is 1. The number of halogens is 2. The van der Waals surface area contributed by atoms with Gasteiger partial charge in [-0.3, -0.25) is 24.5 Å². The molecule has 1 saturated carbocycles. The minimum atomic E-state index is -1.88. The molecule has 1 unspecified atom stereocenters. The third-order valence-corrected chi connectivity index (χ3v) is 18.2. The minimum Gasteiger partial charge on any atom is -0.495 e. The topological polar surface area (TPSA) is 212 Å². The minimum absolute atomic E-state index is 0.0306. The second-order valence-electron chi connectivity index (χ2n) is 22.6. The second-order valence-corrected chi connectivity index (χ2v) is 24.5. The van der Waals surface area contributed by atoms with Gasteiger partial charge >= 0.3 is 12.1 Å². The Kier molecular flexibility index (Phi) is 23.4. The fourth-order valence-electron chi connectivity index (χ4n) is 11.4. The molecule has 4 amide bonds. The highest BCUT2D eigenvalue weighted by molar-refractivity contribution is 8.14. The number of anilines is 1. The number of ether oxygens (including phenoxy) is 7. The van der Waals surface area contributed by atoms with Crippen molar-refractivity contribution in [3.63, 3.8) is 0 Å². The normalized spacial score (nSPS) is 25.6. The number of esters is 1. The zero-order valence-electron chi connectivity index (χ0n) is 49.8. The first kappa shape index (κ1) is 66.0. The summed E-state index contributed by atoms with van der Waals surface area (Å²) in [7, 11) is 5.92. The molecule has 18 nitrogen and oxygen atoms in total. The van der Waals surface area contributed by atoms with Crippen molar-refractivity contribution in [3.8, 4) is 5.75 Å². The summed E-state index contributed by atoms with van der Waals surface area (Å²) in [5.41, 5.74) is 0.346. The lowest BCUT2D eigenvalue weighted by atomic mass is 9.68. The number of nitrogens with zero attached hydrogens (tertiary/aromatic N) is 3. The van der Waals surface area contributed by atoms with Gasteiger partial charge in [0.05, 0.1) is 50.6 Å². The van der Waals surface area contributed by atoms with Gasteiger partial charge in [0.1, 0.15) is 40.7 Å². The highest BCUT2D eigenvalue weighted by atomic mass is 35.5. The highest BCUT2D eigenvalue weighted by Gasteiger charge is 2.64. The molecule has 8 atom stereocenters. The lowest BCUT2D eigenvalue weighted by molar-refractivity contribution is -0.162. The van der Waals surface area contributed by atoms with Gasteiger partial charge in [0.25, 0.3) is 0 Å². The van der Waals surface area contributed by atoms with Crippen LogP contribution in [0, 0.1) is 5.92 Å². The molecule has 0 aromatic heterocycles. The van der Waals surface area contributed by atoms with Crippen LogP contribution in [0.15, 0.2) is 84.5 Å². The maximum absolute atomic E-state index is 14.8. The molecule has 458 valence electrons. The molecular weight excluding hydrogens is 1140 g/mol. The standard InChI is InChI=1S/C63H82Cl2N4O14S/c1-10-29-79-31-32-80-30-28-69(59(74)62(26-12-11-13-27-62)46-21-23-47(64)24-22-46)39-43-17-19-45(20-18-43)58(73)84-33-25-53(70)67(6)42(4)57(72)82-52-37-54(71)68(7)48-35-44(36-49(77-8)55(48)65)34-40(2)15-14-16-51(78-9)63(76)38-50(81-60(75)66-63)41(3)56-61(52,5)83-56/h14-24,35-36,41-42,50-52,56,76H,10-13,25-34,37-39H2,1-9H3,(H,66,75)/b16-14+,40-15+/t41-,42+,50+,51-,52+,56+,61?,63+/m1/s1. The number of methoxy groups -OCH3 is 2. The monoisotopic (exact) mass is 1220 g/mol. The number of likely N-dealkylation sites (N-methyl/N-ethyl adjacent to an activating group) is 1. The van der Waals surface area contributed by atoms with Crippen molar-refractivity contribution >= 4 is 75.6 Å². The van der Waals surface area contributed by atoms with Crippen molar-refractivity contribution < 1.29 is 67.0 Å². The van der Waals surface area contributed by atoms with Gasteiger partial charge in [0.2, 0.25) is 22.8 Å². The van der Waals surface area contributed by atoms with Crippen molar-refractivity contribution in [3.05, 3.63) is 117 Å². The van der Waals surface area contributed by atoms with Crippen LogP contribution in [0.4, 0.5) is 10.5 Å². The van der Waals surface area contributed by atoms with E-state index in [9.17, 15) is 33.9 Å². The lowest BCUT2D eigenvalue weighted by Crippen LogP contribution is -2.63. The molecule has 4 aliphatic rings. The van der Waals surface area contributed by atoms with E-state index in [4.69, 9.17) is 56.4 Å². The first-order chi connectivity index (χ1) is 40.1. The maximum Gasteiger partial charge on any atom is 0.409 e. The second kappa shape index (κ2) is 29.7. The summed E-state index contributed by atoms with van der Waals surface area (Å²) < 4.78 is 41.1. The Bertz CT molecular complexity index is 2870. The van der Waals surface area contributed by atoms with E-state index in [0.29, 0.717) is 68.0 Å². The van der Waals surface area contributed by atoms with Crippen LogP contribution in [0.1, 0.15) is 119 Å². The highest BCUT2D eigenvalue weighted by Crippen LogP contribution is 2.49.